The minimum Gasteiger partial charge on any atom is -0.329 e. The molecule has 0 atom stereocenters. The van der Waals surface area contributed by atoms with E-state index in [-0.39, 0.29) is 12.1 Å². The molecule has 0 aliphatic carbocycles. The molecular formula is C12H17N5O2. The molecule has 0 radical (unpaired) electrons. The van der Waals surface area contributed by atoms with Crippen LogP contribution in [0.3, 0.4) is 0 Å². The Balaban J connectivity index is 2.59. The van der Waals surface area contributed by atoms with E-state index in [1.54, 1.807) is 28.2 Å². The van der Waals surface area contributed by atoms with Gasteiger partial charge in [0.05, 0.1) is 23.8 Å². The molecule has 0 aromatic rings. The highest BCUT2D eigenvalue weighted by Crippen LogP contribution is 2.07. The molecule has 0 fully saturated rings. The van der Waals surface area contributed by atoms with E-state index in [2.05, 4.69) is 15.0 Å². The molecule has 1 heterocycles. The number of aliphatic imine (C=N–C) groups is 3. The van der Waals surface area contributed by atoms with Gasteiger partial charge in [0.25, 0.3) is 0 Å². The maximum Gasteiger partial charge on any atom is 0.343 e. The first-order valence-corrected chi connectivity index (χ1v) is 5.68. The van der Waals surface area contributed by atoms with Gasteiger partial charge in [0.15, 0.2) is 0 Å². The zero-order chi connectivity index (χ0) is 14.4. The van der Waals surface area contributed by atoms with Crippen molar-refractivity contribution >= 4 is 30.2 Å². The summed E-state index contributed by atoms with van der Waals surface area (Å²) in [5.74, 6) is 0. The van der Waals surface area contributed by atoms with Gasteiger partial charge in [-0.3, -0.25) is 4.99 Å². The average Bonchev–Trinajstić information content (AvgIpc) is 2.80. The predicted octanol–water partition coefficient (Wildman–Crippen LogP) is 1.22. The Kier molecular flexibility index (Phi) is 5.11. The van der Waals surface area contributed by atoms with Crippen molar-refractivity contribution in [3.05, 3.63) is 11.8 Å². The van der Waals surface area contributed by atoms with Crippen LogP contribution < -0.4 is 0 Å². The highest BCUT2D eigenvalue weighted by Gasteiger charge is 2.07. The lowest BCUT2D eigenvalue weighted by atomic mass is 10.3. The number of allylic oxidation sites excluding steroid dienone is 2. The first-order valence-electron chi connectivity index (χ1n) is 5.68. The Morgan fingerprint density at radius 2 is 1.63 bits per heavy atom. The lowest BCUT2D eigenvalue weighted by molar-refractivity contribution is 0.226. The van der Waals surface area contributed by atoms with Crippen LogP contribution in [0, 0.1) is 0 Å². The summed E-state index contributed by atoms with van der Waals surface area (Å²) >= 11 is 0. The average molecular weight is 263 g/mol. The molecule has 7 nitrogen and oxygen atoms in total. The van der Waals surface area contributed by atoms with Gasteiger partial charge in [0, 0.05) is 34.6 Å². The second kappa shape index (κ2) is 6.58. The van der Waals surface area contributed by atoms with Crippen LogP contribution in [0.1, 0.15) is 6.42 Å². The summed E-state index contributed by atoms with van der Waals surface area (Å²) in [4.78, 5) is 36.9. The third-order valence-corrected chi connectivity index (χ3v) is 2.19. The summed E-state index contributed by atoms with van der Waals surface area (Å²) in [7, 11) is 6.49. The smallest absolute Gasteiger partial charge is 0.329 e. The Morgan fingerprint density at radius 3 is 2.16 bits per heavy atom. The summed E-state index contributed by atoms with van der Waals surface area (Å²) < 4.78 is 0. The van der Waals surface area contributed by atoms with E-state index in [1.807, 2.05) is 6.08 Å². The standard InChI is InChI=1S/C12H17N5O2/c1-16(2)11(18)13-7-9-5-6-10(15-9)8-14-12(19)17(3)4/h5,7-8H,6H2,1-4H3/b13-7+,14-8+. The number of urea groups is 2. The molecular weight excluding hydrogens is 246 g/mol. The van der Waals surface area contributed by atoms with Crippen molar-refractivity contribution in [1.29, 1.82) is 0 Å². The molecule has 0 unspecified atom stereocenters. The number of amides is 4. The number of rotatable bonds is 2. The van der Waals surface area contributed by atoms with Crippen LogP contribution in [0.25, 0.3) is 0 Å². The molecule has 102 valence electrons. The van der Waals surface area contributed by atoms with Crippen LogP contribution in [-0.2, 0) is 0 Å². The largest absolute Gasteiger partial charge is 0.343 e. The van der Waals surface area contributed by atoms with Crippen molar-refractivity contribution in [3.63, 3.8) is 0 Å². The number of carbonyl (C=O) groups excluding carboxylic acids is 2. The summed E-state index contributed by atoms with van der Waals surface area (Å²) in [6.45, 7) is 0. The van der Waals surface area contributed by atoms with Crippen LogP contribution in [0.15, 0.2) is 26.8 Å². The molecule has 0 saturated heterocycles. The zero-order valence-electron chi connectivity index (χ0n) is 11.5. The second-order valence-corrected chi connectivity index (χ2v) is 4.31. The predicted molar refractivity (Wildman–Crippen MR) is 75.3 cm³/mol. The van der Waals surface area contributed by atoms with Crippen LogP contribution in [0.2, 0.25) is 0 Å². The molecule has 7 heteroatoms. The van der Waals surface area contributed by atoms with Gasteiger partial charge >= 0.3 is 12.1 Å². The number of nitrogens with zero attached hydrogens (tertiary/aromatic N) is 5. The minimum atomic E-state index is -0.346. The molecule has 0 spiro atoms. The van der Waals surface area contributed by atoms with E-state index in [9.17, 15) is 9.59 Å². The number of hydrogen-bond donors (Lipinski definition) is 0. The third-order valence-electron chi connectivity index (χ3n) is 2.19. The quantitative estimate of drug-likeness (QED) is 0.702. The van der Waals surface area contributed by atoms with Crippen molar-refractivity contribution in [2.24, 2.45) is 15.0 Å². The second-order valence-electron chi connectivity index (χ2n) is 4.31. The van der Waals surface area contributed by atoms with E-state index in [0.29, 0.717) is 17.8 Å². The fourth-order valence-electron chi connectivity index (χ4n) is 1.11. The zero-order valence-corrected chi connectivity index (χ0v) is 11.5. The van der Waals surface area contributed by atoms with Gasteiger partial charge in [-0.25, -0.2) is 14.6 Å². The van der Waals surface area contributed by atoms with Crippen molar-refractivity contribution in [2.75, 3.05) is 28.2 Å². The molecule has 1 rings (SSSR count). The van der Waals surface area contributed by atoms with Crippen molar-refractivity contribution in [3.8, 4) is 0 Å². The highest BCUT2D eigenvalue weighted by molar-refractivity contribution is 6.34. The summed E-state index contributed by atoms with van der Waals surface area (Å²) in [5, 5.41) is 0. The van der Waals surface area contributed by atoms with E-state index in [0.717, 1.165) is 0 Å². The normalized spacial score (nSPS) is 14.7. The van der Waals surface area contributed by atoms with Gasteiger partial charge in [-0.2, -0.15) is 4.99 Å². The Morgan fingerprint density at radius 1 is 1.11 bits per heavy atom. The SMILES string of the molecule is CN(C)C(=O)/N=C/C1=CCC(/C=N/C(=O)N(C)C)=N1. The summed E-state index contributed by atoms with van der Waals surface area (Å²) in [5.41, 5.74) is 1.25. The Labute approximate surface area is 112 Å². The molecule has 19 heavy (non-hydrogen) atoms. The molecule has 0 bridgehead atoms. The van der Waals surface area contributed by atoms with Crippen molar-refractivity contribution in [1.82, 2.24) is 9.80 Å². The van der Waals surface area contributed by atoms with E-state index in [4.69, 9.17) is 0 Å². The maximum atomic E-state index is 11.3. The molecule has 0 aromatic heterocycles. The fourth-order valence-corrected chi connectivity index (χ4v) is 1.11. The Bertz CT molecular complexity index is 486. The first-order chi connectivity index (χ1) is 8.90. The maximum absolute atomic E-state index is 11.3. The number of carbonyl (C=O) groups is 2. The van der Waals surface area contributed by atoms with Crippen LogP contribution in [-0.4, -0.2) is 68.2 Å². The topological polar surface area (TPSA) is 77.7 Å². The molecule has 4 amide bonds. The molecule has 0 saturated carbocycles. The number of hydrogen-bond acceptors (Lipinski definition) is 3. The van der Waals surface area contributed by atoms with Gasteiger partial charge < -0.3 is 9.80 Å². The highest BCUT2D eigenvalue weighted by atomic mass is 16.2. The van der Waals surface area contributed by atoms with E-state index in [1.165, 1.54) is 22.2 Å². The monoisotopic (exact) mass is 263 g/mol. The van der Waals surface area contributed by atoms with Gasteiger partial charge in [0.2, 0.25) is 0 Å². The third kappa shape index (κ3) is 4.82. The lowest BCUT2D eigenvalue weighted by Crippen LogP contribution is -2.18. The van der Waals surface area contributed by atoms with Crippen LogP contribution >= 0.6 is 0 Å². The van der Waals surface area contributed by atoms with Crippen LogP contribution in [0.5, 0.6) is 0 Å². The van der Waals surface area contributed by atoms with Gasteiger partial charge in [-0.15, -0.1) is 0 Å². The van der Waals surface area contributed by atoms with Gasteiger partial charge in [0.1, 0.15) is 0 Å². The molecule has 0 N–H and O–H groups in total. The van der Waals surface area contributed by atoms with E-state index < -0.39 is 0 Å². The van der Waals surface area contributed by atoms with E-state index >= 15 is 0 Å². The summed E-state index contributed by atoms with van der Waals surface area (Å²) in [6, 6.07) is -0.686. The fraction of sp³-hybridized carbons (Fsp3) is 0.417. The van der Waals surface area contributed by atoms with Crippen molar-refractivity contribution in [2.45, 2.75) is 6.42 Å². The van der Waals surface area contributed by atoms with Gasteiger partial charge in [-0.05, 0) is 0 Å². The summed E-state index contributed by atoms with van der Waals surface area (Å²) in [6.07, 6.45) is 5.21. The Hall–Kier alpha value is -2.31. The molecule has 1 aliphatic heterocycles. The molecule has 1 aliphatic rings. The van der Waals surface area contributed by atoms with Crippen LogP contribution in [0.4, 0.5) is 9.59 Å². The van der Waals surface area contributed by atoms with Gasteiger partial charge in [-0.1, -0.05) is 6.08 Å². The molecule has 0 aromatic carbocycles. The van der Waals surface area contributed by atoms with Crippen molar-refractivity contribution < 1.29 is 9.59 Å². The first kappa shape index (κ1) is 14.7. The lowest BCUT2D eigenvalue weighted by Gasteiger charge is -2.03. The minimum absolute atomic E-state index is 0.340.